The minimum Gasteiger partial charge on any atom is -0.394 e. The van der Waals surface area contributed by atoms with Crippen LogP contribution < -0.4 is 16.0 Å². The maximum absolute atomic E-state index is 13.7. The zero-order valence-electron chi connectivity index (χ0n) is 39.7. The fraction of sp³-hybridized carbons (Fsp3) is 0.923. The number of amides is 3. The quantitative estimate of drug-likeness (QED) is 0.0448. The highest BCUT2D eigenvalue weighted by atomic mass is 31.2. The van der Waals surface area contributed by atoms with E-state index in [4.69, 9.17) is 51.7 Å². The molecule has 0 bridgehead atoms. The molecule has 35 heteroatoms. The molecule has 27 atom stereocenters. The molecule has 3 amide bonds. The van der Waals surface area contributed by atoms with Crippen LogP contribution >= 0.6 is 7.82 Å². The number of hydrogen-bond donors (Lipinski definition) is 19. The Morgan fingerprint density at radius 1 is 0.500 bits per heavy atom. The molecule has 0 aromatic heterocycles. The third-order valence-corrected chi connectivity index (χ3v) is 13.4. The van der Waals surface area contributed by atoms with Gasteiger partial charge in [0.25, 0.3) is 0 Å². The van der Waals surface area contributed by atoms with E-state index in [1.54, 1.807) is 0 Å². The summed E-state index contributed by atoms with van der Waals surface area (Å²) in [7, 11) is -5.59. The van der Waals surface area contributed by atoms with Crippen LogP contribution in [0.1, 0.15) is 20.8 Å². The molecule has 1 unspecified atom stereocenters. The van der Waals surface area contributed by atoms with E-state index in [0.717, 1.165) is 20.8 Å². The summed E-state index contributed by atoms with van der Waals surface area (Å²) in [5, 5.41) is 165. The lowest BCUT2D eigenvalue weighted by Gasteiger charge is -2.51. The second kappa shape index (κ2) is 27.4. The topological polar surface area (TPSA) is 530 Å². The van der Waals surface area contributed by atoms with Gasteiger partial charge in [-0.15, -0.1) is 0 Å². The summed E-state index contributed by atoms with van der Waals surface area (Å²) in [6, 6.07) is -5.43. The Morgan fingerprint density at radius 2 is 0.959 bits per heavy atom. The molecule has 74 heavy (non-hydrogen) atoms. The first kappa shape index (κ1) is 62.4. The Balaban J connectivity index is 1.57. The molecule has 5 aliphatic heterocycles. The molecule has 0 saturated carbocycles. The molecule has 5 saturated heterocycles. The first-order valence-electron chi connectivity index (χ1n) is 23.0. The van der Waals surface area contributed by atoms with Gasteiger partial charge in [0.05, 0.1) is 46.2 Å². The van der Waals surface area contributed by atoms with Gasteiger partial charge in [0.1, 0.15) is 128 Å². The largest absolute Gasteiger partial charge is 0.472 e. The van der Waals surface area contributed by atoms with Gasteiger partial charge in [0.2, 0.25) is 17.7 Å². The fourth-order valence-electron chi connectivity index (χ4n) is 8.66. The Hall–Kier alpha value is -2.44. The van der Waals surface area contributed by atoms with Gasteiger partial charge in [-0.3, -0.25) is 23.4 Å². The first-order valence-corrected chi connectivity index (χ1v) is 24.5. The van der Waals surface area contributed by atoms with E-state index in [-0.39, 0.29) is 0 Å². The SMILES string of the molecule is CC(=O)N[C@@H]1[C@@H](O[C@@H]2O[C@H](CO[C@H]3O[C@H](CO)[C@H](O)[C@H](O)[C@H]3O)[C@@H](O[C@@H]3O[C@H](CO)[C@H](O[C@@H]4O[C@H](CO)[C@@H](O)[C@H](O)[C@H]4NC(C)=O)[C@H](OP(=O)(O)OC[C@H](O)CO)[C@H]3NC(C)=O)[C@H](O)[C@H]2O)[C@@H](O)[C@@H](CO)O[C@@H]1O. The Labute approximate surface area is 419 Å². The van der Waals surface area contributed by atoms with Crippen molar-refractivity contribution >= 4 is 25.5 Å². The molecular weight excluding hydrogens is 1040 g/mol. The number of aliphatic hydroxyl groups is 15. The molecule has 0 aliphatic carbocycles. The van der Waals surface area contributed by atoms with Crippen molar-refractivity contribution < 1.29 is 152 Å². The fourth-order valence-corrected chi connectivity index (χ4v) is 9.64. The van der Waals surface area contributed by atoms with E-state index < -0.39 is 231 Å². The maximum atomic E-state index is 13.7. The lowest BCUT2D eigenvalue weighted by atomic mass is 9.93. The third-order valence-electron chi connectivity index (χ3n) is 12.4. The average molecular weight is 1110 g/mol. The second-order valence-electron chi connectivity index (χ2n) is 17.9. The molecule has 430 valence electrons. The van der Waals surface area contributed by atoms with Crippen LogP contribution in [0.5, 0.6) is 0 Å². The van der Waals surface area contributed by atoms with Crippen molar-refractivity contribution in [1.82, 2.24) is 16.0 Å². The number of ether oxygens (including phenoxy) is 9. The van der Waals surface area contributed by atoms with Crippen LogP contribution in [0.25, 0.3) is 0 Å². The minimum absolute atomic E-state index is 0.793. The van der Waals surface area contributed by atoms with Gasteiger partial charge in [-0.2, -0.15) is 0 Å². The lowest BCUT2D eigenvalue weighted by molar-refractivity contribution is -0.376. The van der Waals surface area contributed by atoms with Gasteiger partial charge in [-0.25, -0.2) is 4.57 Å². The Morgan fingerprint density at radius 3 is 1.53 bits per heavy atom. The second-order valence-corrected chi connectivity index (χ2v) is 19.3. The highest BCUT2D eigenvalue weighted by molar-refractivity contribution is 7.47. The molecule has 0 spiro atoms. The van der Waals surface area contributed by atoms with Crippen LogP contribution in [0, 0.1) is 0 Å². The number of nitrogens with one attached hydrogen (secondary N) is 3. The van der Waals surface area contributed by atoms with Gasteiger partial charge in [-0.1, -0.05) is 0 Å². The summed E-state index contributed by atoms with van der Waals surface area (Å²) in [5.41, 5.74) is 0. The summed E-state index contributed by atoms with van der Waals surface area (Å²) in [4.78, 5) is 48.5. The Bertz CT molecular complexity index is 1850. The molecule has 5 rings (SSSR count). The number of rotatable bonds is 22. The normalized spacial score (nSPS) is 44.2. The van der Waals surface area contributed by atoms with E-state index in [0.29, 0.717) is 0 Å². The van der Waals surface area contributed by atoms with Crippen LogP contribution in [0.2, 0.25) is 0 Å². The van der Waals surface area contributed by atoms with Crippen LogP contribution in [0.15, 0.2) is 0 Å². The molecule has 0 radical (unpaired) electrons. The number of phosphoric acid groups is 1. The summed E-state index contributed by atoms with van der Waals surface area (Å²) in [6.45, 7) is -4.10. The number of hydrogen-bond acceptors (Lipinski definition) is 30. The number of carbonyl (C=O) groups excluding carboxylic acids is 3. The van der Waals surface area contributed by atoms with E-state index in [1.807, 2.05) is 0 Å². The van der Waals surface area contributed by atoms with Crippen molar-refractivity contribution in [2.24, 2.45) is 0 Å². The van der Waals surface area contributed by atoms with Crippen molar-refractivity contribution in [2.75, 3.05) is 46.2 Å². The highest BCUT2D eigenvalue weighted by Gasteiger charge is 2.58. The first-order chi connectivity index (χ1) is 34.8. The molecule has 5 aliphatic rings. The van der Waals surface area contributed by atoms with E-state index in [9.17, 15) is 100 Å². The standard InChI is InChI=1S/C39H68N3O31P/c1-11(48)40-20-26(55)23(52)15(5-44)66-36(20)71-32-18(8-47)68-37(22(42-13(3)50)34(32)73-74(61,62)64-9-14(51)4-43)70-31-19(10-63-38-29(58)27(56)24(53)16(6-45)67-38)69-39(30(59)28(31)57)72-33-21(41-12(2)49)35(60)65-17(7-46)25(33)54/h14-39,43-47,51-60H,4-10H2,1-3H3,(H,40,48)(H,41,49)(H,42,50)(H,61,62)/t14-,15-,16-,17-,18-,19-,20-,21-,22-,23-,24+,25+,26-,27+,28-,29-,30-,31-,32+,33-,34-,35+,36+,37+,38+,39+/m1/s1. The number of aliphatic hydroxyl groups excluding tert-OH is 15. The lowest BCUT2D eigenvalue weighted by Crippen LogP contribution is -2.71. The van der Waals surface area contributed by atoms with E-state index in [1.165, 1.54) is 0 Å². The Kier molecular flexibility index (Phi) is 23.1. The van der Waals surface area contributed by atoms with Crippen molar-refractivity contribution in [3.63, 3.8) is 0 Å². The van der Waals surface area contributed by atoms with Crippen LogP contribution in [0.3, 0.4) is 0 Å². The average Bonchev–Trinajstić information content (AvgIpc) is 3.34. The summed E-state index contributed by atoms with van der Waals surface area (Å²) < 4.78 is 76.2. The van der Waals surface area contributed by atoms with Gasteiger partial charge >= 0.3 is 7.82 Å². The molecule has 19 N–H and O–H groups in total. The monoisotopic (exact) mass is 1110 g/mol. The van der Waals surface area contributed by atoms with Crippen LogP contribution in [-0.2, 0) is 70.6 Å². The molecule has 0 aromatic carbocycles. The summed E-state index contributed by atoms with van der Waals surface area (Å²) in [6.07, 6.45) is -45.2. The van der Waals surface area contributed by atoms with Crippen molar-refractivity contribution in [3.8, 4) is 0 Å². The zero-order valence-corrected chi connectivity index (χ0v) is 40.6. The number of carbonyl (C=O) groups is 3. The minimum atomic E-state index is -5.59. The molecule has 0 aromatic rings. The molecule has 34 nitrogen and oxygen atoms in total. The van der Waals surface area contributed by atoms with E-state index >= 15 is 0 Å². The summed E-state index contributed by atoms with van der Waals surface area (Å²) >= 11 is 0. The van der Waals surface area contributed by atoms with Crippen LogP contribution in [0.4, 0.5) is 0 Å². The van der Waals surface area contributed by atoms with Crippen molar-refractivity contribution in [1.29, 1.82) is 0 Å². The molecular formula is C39H68N3O31P. The summed E-state index contributed by atoms with van der Waals surface area (Å²) in [5.74, 6) is -2.62. The zero-order chi connectivity index (χ0) is 55.1. The van der Waals surface area contributed by atoms with Gasteiger partial charge in [-0.05, 0) is 0 Å². The molecule has 5 heterocycles. The predicted octanol–water partition coefficient (Wildman–Crippen LogP) is -12.0. The van der Waals surface area contributed by atoms with Crippen LogP contribution in [-0.4, -0.2) is 305 Å². The third kappa shape index (κ3) is 15.0. The predicted molar refractivity (Wildman–Crippen MR) is 229 cm³/mol. The molecule has 5 fully saturated rings. The van der Waals surface area contributed by atoms with E-state index in [2.05, 4.69) is 16.0 Å². The van der Waals surface area contributed by atoms with Gasteiger partial charge < -0.3 is 140 Å². The van der Waals surface area contributed by atoms with Crippen molar-refractivity contribution in [3.05, 3.63) is 0 Å². The van der Waals surface area contributed by atoms with Crippen molar-refractivity contribution in [2.45, 2.75) is 180 Å². The van der Waals surface area contributed by atoms with Gasteiger partial charge in [0, 0.05) is 20.8 Å². The highest BCUT2D eigenvalue weighted by Crippen LogP contribution is 2.48. The smallest absolute Gasteiger partial charge is 0.394 e. The maximum Gasteiger partial charge on any atom is 0.472 e. The van der Waals surface area contributed by atoms with Gasteiger partial charge in [0.15, 0.2) is 31.5 Å². The number of phosphoric ester groups is 1.